The van der Waals surface area contributed by atoms with Crippen LogP contribution in [0.15, 0.2) is 18.2 Å². The first-order valence-electron chi connectivity index (χ1n) is 8.06. The van der Waals surface area contributed by atoms with Crippen LogP contribution in [0.5, 0.6) is 0 Å². The Labute approximate surface area is 148 Å². The maximum atomic E-state index is 13.2. The van der Waals surface area contributed by atoms with Gasteiger partial charge in [0.15, 0.2) is 0 Å². The van der Waals surface area contributed by atoms with Crippen molar-refractivity contribution in [1.82, 2.24) is 5.32 Å². The lowest BCUT2D eigenvalue weighted by Crippen LogP contribution is -2.51. The van der Waals surface area contributed by atoms with Gasteiger partial charge in [0.05, 0.1) is 5.56 Å². The van der Waals surface area contributed by atoms with Gasteiger partial charge in [0, 0.05) is 24.2 Å². The Kier molecular flexibility index (Phi) is 5.29. The minimum atomic E-state index is -4.71. The van der Waals surface area contributed by atoms with Gasteiger partial charge in [-0.25, -0.2) is 4.79 Å². The molecule has 9 heteroatoms. The fraction of sp³-hybridized carbons (Fsp3) is 0.471. The Bertz CT molecular complexity index is 748. The molecule has 1 atom stereocenters. The van der Waals surface area contributed by atoms with Crippen LogP contribution in [0.25, 0.3) is 0 Å². The molecule has 0 spiro atoms. The molecule has 2 N–H and O–H groups in total. The van der Waals surface area contributed by atoms with Gasteiger partial charge in [0.2, 0.25) is 5.91 Å². The molecule has 1 fully saturated rings. The summed E-state index contributed by atoms with van der Waals surface area (Å²) in [5, 5.41) is 11.5. The van der Waals surface area contributed by atoms with E-state index in [9.17, 15) is 32.7 Å². The van der Waals surface area contributed by atoms with Crippen LogP contribution in [0, 0.1) is 0 Å². The first-order chi connectivity index (χ1) is 12.0. The summed E-state index contributed by atoms with van der Waals surface area (Å²) >= 11 is 0. The average Bonchev–Trinajstić information content (AvgIpc) is 2.99. The Morgan fingerprint density at radius 2 is 1.92 bits per heavy atom. The monoisotopic (exact) mass is 372 g/mol. The summed E-state index contributed by atoms with van der Waals surface area (Å²) in [6.45, 7) is 3.07. The topological polar surface area (TPSA) is 86.7 Å². The largest absolute Gasteiger partial charge is 0.480 e. The number of benzene rings is 1. The van der Waals surface area contributed by atoms with E-state index in [4.69, 9.17) is 0 Å². The maximum Gasteiger partial charge on any atom is 0.416 e. The van der Waals surface area contributed by atoms with Crippen molar-refractivity contribution in [2.75, 3.05) is 11.4 Å². The number of aliphatic carboxylic acids is 1. The highest BCUT2D eigenvalue weighted by Gasteiger charge is 2.36. The molecule has 1 unspecified atom stereocenters. The van der Waals surface area contributed by atoms with Gasteiger partial charge in [-0.2, -0.15) is 13.2 Å². The van der Waals surface area contributed by atoms with Gasteiger partial charge in [0.1, 0.15) is 5.54 Å². The number of carboxylic acids is 1. The highest BCUT2D eigenvalue weighted by Crippen LogP contribution is 2.34. The standard InChI is InChI=1S/C17H19F3N2O4/c1-3-16(2,15(25)26)21-14(24)10-7-11(17(18,19)20)9-12(8-10)22-6-4-5-13(22)23/h7-9H,3-6H2,1-2H3,(H,21,24)(H,25,26). The fourth-order valence-electron chi connectivity index (χ4n) is 2.60. The molecule has 2 amide bonds. The molecule has 0 aromatic heterocycles. The zero-order valence-corrected chi connectivity index (χ0v) is 14.3. The third-order valence-electron chi connectivity index (χ3n) is 4.46. The van der Waals surface area contributed by atoms with Crippen LogP contribution in [0.2, 0.25) is 0 Å². The van der Waals surface area contributed by atoms with E-state index < -0.39 is 29.2 Å². The van der Waals surface area contributed by atoms with Crippen molar-refractivity contribution in [3.63, 3.8) is 0 Å². The number of carbonyl (C=O) groups is 3. The van der Waals surface area contributed by atoms with Crippen molar-refractivity contribution < 1.29 is 32.7 Å². The Hall–Kier alpha value is -2.58. The first-order valence-corrected chi connectivity index (χ1v) is 8.06. The molecule has 2 rings (SSSR count). The molecule has 1 aliphatic heterocycles. The number of nitrogens with one attached hydrogen (secondary N) is 1. The molecule has 0 aliphatic carbocycles. The van der Waals surface area contributed by atoms with Gasteiger partial charge in [-0.15, -0.1) is 0 Å². The lowest BCUT2D eigenvalue weighted by molar-refractivity contribution is -0.144. The summed E-state index contributed by atoms with van der Waals surface area (Å²) in [5.74, 6) is -2.56. The van der Waals surface area contributed by atoms with Crippen LogP contribution in [0.3, 0.4) is 0 Å². The van der Waals surface area contributed by atoms with E-state index in [1.54, 1.807) is 0 Å². The molecule has 142 valence electrons. The van der Waals surface area contributed by atoms with Crippen LogP contribution < -0.4 is 10.2 Å². The average molecular weight is 372 g/mol. The van der Waals surface area contributed by atoms with E-state index in [2.05, 4.69) is 5.32 Å². The highest BCUT2D eigenvalue weighted by molar-refractivity contribution is 6.01. The minimum absolute atomic E-state index is 0.0269. The second-order valence-corrected chi connectivity index (χ2v) is 6.36. The number of anilines is 1. The molecule has 0 saturated carbocycles. The van der Waals surface area contributed by atoms with Gasteiger partial charge >= 0.3 is 12.1 Å². The molecular formula is C17H19F3N2O4. The lowest BCUT2D eigenvalue weighted by Gasteiger charge is -2.25. The summed E-state index contributed by atoms with van der Waals surface area (Å²) < 4.78 is 39.6. The van der Waals surface area contributed by atoms with Crippen molar-refractivity contribution in [1.29, 1.82) is 0 Å². The van der Waals surface area contributed by atoms with Gasteiger partial charge in [-0.05, 0) is 38.0 Å². The third-order valence-corrected chi connectivity index (χ3v) is 4.46. The van der Waals surface area contributed by atoms with Crippen molar-refractivity contribution in [2.45, 2.75) is 44.8 Å². The predicted octanol–water partition coefficient (Wildman–Crippen LogP) is 2.82. The summed E-state index contributed by atoms with van der Waals surface area (Å²) in [7, 11) is 0. The second kappa shape index (κ2) is 6.97. The molecule has 0 radical (unpaired) electrons. The van der Waals surface area contributed by atoms with Crippen LogP contribution in [0.4, 0.5) is 18.9 Å². The van der Waals surface area contributed by atoms with Crippen molar-refractivity contribution >= 4 is 23.5 Å². The number of carboxylic acid groups (broad SMARTS) is 1. The van der Waals surface area contributed by atoms with Gasteiger partial charge in [-0.3, -0.25) is 9.59 Å². The van der Waals surface area contributed by atoms with Crippen LogP contribution in [-0.2, 0) is 15.8 Å². The van der Waals surface area contributed by atoms with Crippen LogP contribution in [-0.4, -0.2) is 35.0 Å². The molecule has 1 aromatic rings. The number of hydrogen-bond acceptors (Lipinski definition) is 3. The minimum Gasteiger partial charge on any atom is -0.480 e. The maximum absolute atomic E-state index is 13.2. The van der Waals surface area contributed by atoms with E-state index in [0.717, 1.165) is 6.07 Å². The Balaban J connectivity index is 2.45. The van der Waals surface area contributed by atoms with E-state index in [0.29, 0.717) is 12.5 Å². The van der Waals surface area contributed by atoms with Crippen LogP contribution in [0.1, 0.15) is 49.0 Å². The molecule has 6 nitrogen and oxygen atoms in total. The molecular weight excluding hydrogens is 353 g/mol. The Morgan fingerprint density at radius 1 is 1.27 bits per heavy atom. The second-order valence-electron chi connectivity index (χ2n) is 6.36. The highest BCUT2D eigenvalue weighted by atomic mass is 19.4. The van der Waals surface area contributed by atoms with Crippen LogP contribution >= 0.6 is 0 Å². The Morgan fingerprint density at radius 3 is 2.38 bits per heavy atom. The summed E-state index contributed by atoms with van der Waals surface area (Å²) in [6.07, 6.45) is -3.92. The molecule has 1 aromatic carbocycles. The zero-order chi connectivity index (χ0) is 19.7. The van der Waals surface area contributed by atoms with Gasteiger partial charge < -0.3 is 15.3 Å². The first kappa shape index (κ1) is 19.7. The van der Waals surface area contributed by atoms with Gasteiger partial charge in [-0.1, -0.05) is 6.92 Å². The van der Waals surface area contributed by atoms with E-state index >= 15 is 0 Å². The number of hydrogen-bond donors (Lipinski definition) is 2. The smallest absolute Gasteiger partial charge is 0.416 e. The normalized spacial score (nSPS) is 17.1. The van der Waals surface area contributed by atoms with Crippen molar-refractivity contribution in [2.24, 2.45) is 0 Å². The molecule has 1 heterocycles. The number of halogens is 3. The van der Waals surface area contributed by atoms with Crippen molar-refractivity contribution in [3.8, 4) is 0 Å². The zero-order valence-electron chi connectivity index (χ0n) is 14.3. The van der Waals surface area contributed by atoms with Gasteiger partial charge in [0.25, 0.3) is 5.91 Å². The van der Waals surface area contributed by atoms with E-state index in [1.807, 2.05) is 0 Å². The number of amides is 2. The van der Waals surface area contributed by atoms with E-state index in [1.165, 1.54) is 24.8 Å². The lowest BCUT2D eigenvalue weighted by atomic mass is 9.98. The number of nitrogens with zero attached hydrogens (tertiary/aromatic N) is 1. The molecule has 0 bridgehead atoms. The fourth-order valence-corrected chi connectivity index (χ4v) is 2.60. The van der Waals surface area contributed by atoms with E-state index in [-0.39, 0.29) is 36.5 Å². The molecule has 26 heavy (non-hydrogen) atoms. The summed E-state index contributed by atoms with van der Waals surface area (Å²) in [4.78, 5) is 36.8. The SMILES string of the molecule is CCC(C)(NC(=O)c1cc(N2CCCC2=O)cc(C(F)(F)F)c1)C(=O)O. The number of rotatable bonds is 5. The number of carbonyl (C=O) groups excluding carboxylic acids is 2. The third kappa shape index (κ3) is 3.97. The summed E-state index contributed by atoms with van der Waals surface area (Å²) in [6, 6.07) is 2.64. The summed E-state index contributed by atoms with van der Waals surface area (Å²) in [5.41, 5.74) is -3.07. The number of alkyl halides is 3. The predicted molar refractivity (Wildman–Crippen MR) is 86.8 cm³/mol. The molecule has 1 aliphatic rings. The van der Waals surface area contributed by atoms with Crippen molar-refractivity contribution in [3.05, 3.63) is 29.3 Å². The molecule has 1 saturated heterocycles. The quantitative estimate of drug-likeness (QED) is 0.832.